The third-order valence-corrected chi connectivity index (χ3v) is 2.84. The van der Waals surface area contributed by atoms with Gasteiger partial charge in [0.1, 0.15) is 5.69 Å². The van der Waals surface area contributed by atoms with Crippen LogP contribution in [0.5, 0.6) is 0 Å². The van der Waals surface area contributed by atoms with E-state index < -0.39 is 0 Å². The predicted molar refractivity (Wildman–Crippen MR) is 66.5 cm³/mol. The molecule has 2 heterocycles. The van der Waals surface area contributed by atoms with Crippen LogP contribution in [0.3, 0.4) is 0 Å². The Bertz CT molecular complexity index is 372. The summed E-state index contributed by atoms with van der Waals surface area (Å²) in [4.78, 5) is 10.8. The number of nitrogens with one attached hydrogen (secondary N) is 1. The van der Waals surface area contributed by atoms with Gasteiger partial charge in [0.15, 0.2) is 11.6 Å². The van der Waals surface area contributed by atoms with Crippen LogP contribution in [-0.4, -0.2) is 30.1 Å². The standard InChI is InChI=1S/C10H18N6/c1-13-9-7(11)8(12)14-10(15-9)16-5-3-2-4-6-16/h2-6,11H2,1H3,(H3,12,13,14,15). The van der Waals surface area contributed by atoms with Crippen LogP contribution in [0, 0.1) is 0 Å². The molecule has 0 aliphatic carbocycles. The highest BCUT2D eigenvalue weighted by atomic mass is 15.3. The van der Waals surface area contributed by atoms with Gasteiger partial charge in [-0.1, -0.05) is 0 Å². The topological polar surface area (TPSA) is 93.1 Å². The smallest absolute Gasteiger partial charge is 0.229 e. The maximum Gasteiger partial charge on any atom is 0.229 e. The Morgan fingerprint density at radius 2 is 1.81 bits per heavy atom. The lowest BCUT2D eigenvalue weighted by Crippen LogP contribution is -2.31. The lowest BCUT2D eigenvalue weighted by Gasteiger charge is -2.27. The highest BCUT2D eigenvalue weighted by Gasteiger charge is 2.16. The summed E-state index contributed by atoms with van der Waals surface area (Å²) in [5.74, 6) is 1.63. The minimum Gasteiger partial charge on any atom is -0.393 e. The first-order valence-corrected chi connectivity index (χ1v) is 5.58. The Morgan fingerprint density at radius 3 is 2.44 bits per heavy atom. The Kier molecular flexibility index (Phi) is 2.98. The lowest BCUT2D eigenvalue weighted by atomic mass is 10.1. The summed E-state index contributed by atoms with van der Waals surface area (Å²) in [6.45, 7) is 1.99. The number of nitrogens with zero attached hydrogens (tertiary/aromatic N) is 3. The van der Waals surface area contributed by atoms with Crippen molar-refractivity contribution in [3.8, 4) is 0 Å². The number of aromatic nitrogens is 2. The van der Waals surface area contributed by atoms with Crippen LogP contribution in [0.2, 0.25) is 0 Å². The second kappa shape index (κ2) is 4.42. The van der Waals surface area contributed by atoms with Gasteiger partial charge in [0, 0.05) is 20.1 Å². The zero-order valence-electron chi connectivity index (χ0n) is 9.53. The number of nitrogen functional groups attached to an aromatic ring is 2. The van der Waals surface area contributed by atoms with Crippen molar-refractivity contribution in [2.75, 3.05) is 41.8 Å². The largest absolute Gasteiger partial charge is 0.393 e. The first kappa shape index (κ1) is 10.8. The number of hydrogen-bond donors (Lipinski definition) is 3. The Morgan fingerprint density at radius 1 is 1.12 bits per heavy atom. The fraction of sp³-hybridized carbons (Fsp3) is 0.600. The average molecular weight is 222 g/mol. The van der Waals surface area contributed by atoms with E-state index >= 15 is 0 Å². The van der Waals surface area contributed by atoms with Crippen LogP contribution >= 0.6 is 0 Å². The Hall–Kier alpha value is -1.72. The molecule has 0 saturated carbocycles. The van der Waals surface area contributed by atoms with Gasteiger partial charge in [0.25, 0.3) is 0 Å². The molecule has 16 heavy (non-hydrogen) atoms. The summed E-state index contributed by atoms with van der Waals surface area (Å²) < 4.78 is 0. The number of nitrogens with two attached hydrogens (primary N) is 2. The van der Waals surface area contributed by atoms with E-state index in [1.165, 1.54) is 19.3 Å². The number of rotatable bonds is 2. The molecular weight excluding hydrogens is 204 g/mol. The molecule has 0 radical (unpaired) electrons. The zero-order valence-corrected chi connectivity index (χ0v) is 9.53. The monoisotopic (exact) mass is 222 g/mol. The summed E-state index contributed by atoms with van der Waals surface area (Å²) >= 11 is 0. The molecule has 5 N–H and O–H groups in total. The summed E-state index contributed by atoms with van der Waals surface area (Å²) in [7, 11) is 1.78. The van der Waals surface area contributed by atoms with E-state index in [1.54, 1.807) is 7.05 Å². The molecule has 1 fully saturated rings. The molecule has 0 atom stereocenters. The van der Waals surface area contributed by atoms with Crippen molar-refractivity contribution in [3.05, 3.63) is 0 Å². The first-order valence-electron chi connectivity index (χ1n) is 5.58. The minimum absolute atomic E-state index is 0.347. The molecule has 1 aromatic heterocycles. The van der Waals surface area contributed by atoms with Crippen LogP contribution in [0.25, 0.3) is 0 Å². The third-order valence-electron chi connectivity index (χ3n) is 2.84. The van der Waals surface area contributed by atoms with Gasteiger partial charge >= 0.3 is 0 Å². The molecule has 1 aromatic rings. The van der Waals surface area contributed by atoms with E-state index in [9.17, 15) is 0 Å². The fourth-order valence-corrected chi connectivity index (χ4v) is 1.90. The van der Waals surface area contributed by atoms with Crippen molar-refractivity contribution in [3.63, 3.8) is 0 Å². The first-order chi connectivity index (χ1) is 7.72. The summed E-state index contributed by atoms with van der Waals surface area (Å²) in [6, 6.07) is 0. The van der Waals surface area contributed by atoms with E-state index in [1.807, 2.05) is 0 Å². The fourth-order valence-electron chi connectivity index (χ4n) is 1.90. The third kappa shape index (κ3) is 1.95. The molecule has 0 unspecified atom stereocenters. The SMILES string of the molecule is CNc1nc(N2CCCCC2)nc(N)c1N. The summed E-state index contributed by atoms with van der Waals surface area (Å²) in [6.07, 6.45) is 3.64. The van der Waals surface area contributed by atoms with Gasteiger partial charge in [-0.25, -0.2) is 0 Å². The molecule has 0 aromatic carbocycles. The van der Waals surface area contributed by atoms with Crippen LogP contribution < -0.4 is 21.7 Å². The van der Waals surface area contributed by atoms with Crippen LogP contribution in [0.15, 0.2) is 0 Å². The van der Waals surface area contributed by atoms with Gasteiger partial charge in [-0.3, -0.25) is 0 Å². The van der Waals surface area contributed by atoms with Gasteiger partial charge < -0.3 is 21.7 Å². The van der Waals surface area contributed by atoms with E-state index in [2.05, 4.69) is 20.2 Å². The number of hydrogen-bond acceptors (Lipinski definition) is 6. The van der Waals surface area contributed by atoms with E-state index in [0.29, 0.717) is 23.3 Å². The normalized spacial score (nSPS) is 16.2. The molecule has 6 heteroatoms. The quantitative estimate of drug-likeness (QED) is 0.681. The molecule has 88 valence electrons. The van der Waals surface area contributed by atoms with Crippen LogP contribution in [0.1, 0.15) is 19.3 Å². The lowest BCUT2D eigenvalue weighted by molar-refractivity contribution is 0.569. The van der Waals surface area contributed by atoms with Crippen molar-refractivity contribution < 1.29 is 0 Å². The van der Waals surface area contributed by atoms with E-state index in [0.717, 1.165) is 13.1 Å². The van der Waals surface area contributed by atoms with Crippen LogP contribution in [0.4, 0.5) is 23.3 Å². The molecule has 1 aliphatic rings. The maximum atomic E-state index is 5.76. The molecular formula is C10H18N6. The van der Waals surface area contributed by atoms with E-state index in [4.69, 9.17) is 11.5 Å². The minimum atomic E-state index is 0.347. The molecule has 0 spiro atoms. The molecule has 6 nitrogen and oxygen atoms in total. The number of piperidine rings is 1. The molecule has 1 saturated heterocycles. The predicted octanol–water partition coefficient (Wildman–Crippen LogP) is 0.673. The Balaban J connectivity index is 2.29. The zero-order chi connectivity index (χ0) is 11.5. The van der Waals surface area contributed by atoms with E-state index in [-0.39, 0.29) is 0 Å². The Labute approximate surface area is 95.0 Å². The number of anilines is 4. The van der Waals surface area contributed by atoms with Crippen molar-refractivity contribution in [1.29, 1.82) is 0 Å². The molecule has 0 bridgehead atoms. The van der Waals surface area contributed by atoms with Crippen molar-refractivity contribution in [2.45, 2.75) is 19.3 Å². The molecule has 0 amide bonds. The van der Waals surface area contributed by atoms with Crippen molar-refractivity contribution >= 4 is 23.3 Å². The van der Waals surface area contributed by atoms with Gasteiger partial charge in [-0.15, -0.1) is 0 Å². The molecule has 1 aliphatic heterocycles. The highest BCUT2D eigenvalue weighted by molar-refractivity contribution is 5.74. The van der Waals surface area contributed by atoms with Gasteiger partial charge in [0.2, 0.25) is 5.95 Å². The van der Waals surface area contributed by atoms with Gasteiger partial charge in [-0.05, 0) is 19.3 Å². The van der Waals surface area contributed by atoms with Crippen molar-refractivity contribution in [1.82, 2.24) is 9.97 Å². The molecule has 2 rings (SSSR count). The average Bonchev–Trinajstić information content (AvgIpc) is 2.33. The van der Waals surface area contributed by atoms with Crippen molar-refractivity contribution in [2.24, 2.45) is 0 Å². The maximum absolute atomic E-state index is 5.76. The van der Waals surface area contributed by atoms with Gasteiger partial charge in [0.05, 0.1) is 0 Å². The summed E-state index contributed by atoms with van der Waals surface area (Å²) in [5.41, 5.74) is 11.9. The second-order valence-electron chi connectivity index (χ2n) is 3.97. The van der Waals surface area contributed by atoms with Gasteiger partial charge in [-0.2, -0.15) is 9.97 Å². The van der Waals surface area contributed by atoms with Crippen LogP contribution in [-0.2, 0) is 0 Å². The second-order valence-corrected chi connectivity index (χ2v) is 3.97. The summed E-state index contributed by atoms with van der Waals surface area (Å²) in [5, 5.41) is 2.93. The highest BCUT2D eigenvalue weighted by Crippen LogP contribution is 2.25.